The first kappa shape index (κ1) is 16.8. The van der Waals surface area contributed by atoms with Gasteiger partial charge in [0.25, 0.3) is 11.8 Å². The fourth-order valence-electron chi connectivity index (χ4n) is 3.34. The van der Waals surface area contributed by atoms with Crippen LogP contribution in [0.4, 0.5) is 0 Å². The molecule has 0 fully saturated rings. The highest BCUT2D eigenvalue weighted by molar-refractivity contribution is 6.26. The molecule has 3 aromatic rings. The Bertz CT molecular complexity index is 1110. The zero-order valence-corrected chi connectivity index (χ0v) is 14.9. The van der Waals surface area contributed by atoms with Crippen LogP contribution in [0, 0.1) is 0 Å². The summed E-state index contributed by atoms with van der Waals surface area (Å²) in [6, 6.07) is 14.8. The largest absolute Gasteiger partial charge is 0.497 e. The van der Waals surface area contributed by atoms with Gasteiger partial charge in [0.2, 0.25) is 0 Å². The number of imide groups is 1. The molecule has 27 heavy (non-hydrogen) atoms. The summed E-state index contributed by atoms with van der Waals surface area (Å²) in [5.74, 6) is 0.620. The molecule has 4 rings (SSSR count). The number of methoxy groups -OCH3 is 2. The van der Waals surface area contributed by atoms with Crippen molar-refractivity contribution in [3.8, 4) is 11.5 Å². The number of carbonyl (C=O) groups is 2. The summed E-state index contributed by atoms with van der Waals surface area (Å²) >= 11 is 0. The molecule has 0 radical (unpaired) electrons. The fourth-order valence-corrected chi connectivity index (χ4v) is 3.34. The van der Waals surface area contributed by atoms with Crippen molar-refractivity contribution in [2.45, 2.75) is 0 Å². The predicted molar refractivity (Wildman–Crippen MR) is 104 cm³/mol. The number of hydrogen-bond donors (Lipinski definition) is 1. The molecule has 1 N–H and O–H groups in total. The van der Waals surface area contributed by atoms with E-state index in [1.165, 1.54) is 0 Å². The smallest absolute Gasteiger partial charge is 0.259 e. The number of benzene rings is 3. The van der Waals surface area contributed by atoms with E-state index >= 15 is 0 Å². The van der Waals surface area contributed by atoms with E-state index in [0.29, 0.717) is 28.0 Å². The quantitative estimate of drug-likeness (QED) is 0.567. The van der Waals surface area contributed by atoms with Gasteiger partial charge in [-0.2, -0.15) is 0 Å². The molecule has 134 valence electrons. The highest BCUT2D eigenvalue weighted by Crippen LogP contribution is 2.31. The summed E-state index contributed by atoms with van der Waals surface area (Å²) in [6.45, 7) is 0. The zero-order valence-electron chi connectivity index (χ0n) is 14.9. The number of nitrogens with one attached hydrogen (secondary N) is 1. The molecule has 0 bridgehead atoms. The molecule has 3 aromatic carbocycles. The van der Waals surface area contributed by atoms with Crippen LogP contribution in [0.1, 0.15) is 31.8 Å². The average Bonchev–Trinajstić information content (AvgIpc) is 2.70. The maximum absolute atomic E-state index is 12.5. The van der Waals surface area contributed by atoms with Crippen molar-refractivity contribution in [1.29, 1.82) is 0 Å². The van der Waals surface area contributed by atoms with E-state index in [1.807, 2.05) is 48.6 Å². The van der Waals surface area contributed by atoms with Crippen LogP contribution in [0.3, 0.4) is 0 Å². The first-order valence-electron chi connectivity index (χ1n) is 8.44. The monoisotopic (exact) mass is 359 g/mol. The minimum atomic E-state index is -0.384. The lowest BCUT2D eigenvalue weighted by molar-refractivity contribution is 0.0845. The number of rotatable bonds is 4. The molecule has 5 heteroatoms. The second-order valence-electron chi connectivity index (χ2n) is 6.16. The number of ether oxygens (including phenoxy) is 2. The van der Waals surface area contributed by atoms with Gasteiger partial charge >= 0.3 is 0 Å². The van der Waals surface area contributed by atoms with Crippen molar-refractivity contribution < 1.29 is 19.1 Å². The van der Waals surface area contributed by atoms with Crippen LogP contribution >= 0.6 is 0 Å². The summed E-state index contributed by atoms with van der Waals surface area (Å²) in [4.78, 5) is 24.7. The summed E-state index contributed by atoms with van der Waals surface area (Å²) in [7, 11) is 3.19. The van der Waals surface area contributed by atoms with Gasteiger partial charge in [0.15, 0.2) is 0 Å². The topological polar surface area (TPSA) is 64.6 Å². The van der Waals surface area contributed by atoms with Crippen LogP contribution in [-0.2, 0) is 0 Å². The number of amides is 2. The Kier molecular flexibility index (Phi) is 4.12. The zero-order chi connectivity index (χ0) is 19.0. The van der Waals surface area contributed by atoms with Gasteiger partial charge < -0.3 is 9.47 Å². The molecule has 2 amide bonds. The van der Waals surface area contributed by atoms with Crippen LogP contribution in [0.2, 0.25) is 0 Å². The lowest BCUT2D eigenvalue weighted by Gasteiger charge is -2.18. The average molecular weight is 359 g/mol. The van der Waals surface area contributed by atoms with E-state index in [0.717, 1.165) is 16.5 Å². The molecular formula is C22H17NO4. The van der Waals surface area contributed by atoms with Gasteiger partial charge in [0.05, 0.1) is 19.8 Å². The molecular weight excluding hydrogens is 342 g/mol. The third-order valence-corrected chi connectivity index (χ3v) is 4.66. The highest BCUT2D eigenvalue weighted by Gasteiger charge is 2.26. The van der Waals surface area contributed by atoms with Gasteiger partial charge in [0.1, 0.15) is 11.5 Å². The normalized spacial score (nSPS) is 13.1. The minimum absolute atomic E-state index is 0.365. The van der Waals surface area contributed by atoms with Gasteiger partial charge in [-0.25, -0.2) is 0 Å². The molecule has 1 heterocycles. The second-order valence-corrected chi connectivity index (χ2v) is 6.16. The third kappa shape index (κ3) is 2.83. The Balaban J connectivity index is 1.85. The van der Waals surface area contributed by atoms with Crippen LogP contribution in [0.25, 0.3) is 22.9 Å². The van der Waals surface area contributed by atoms with E-state index in [2.05, 4.69) is 5.32 Å². The van der Waals surface area contributed by atoms with Gasteiger partial charge in [-0.05, 0) is 29.1 Å². The first-order chi connectivity index (χ1) is 13.1. The Labute approximate surface area is 156 Å². The fraction of sp³-hybridized carbons (Fsp3) is 0.0909. The van der Waals surface area contributed by atoms with Crippen molar-refractivity contribution in [3.63, 3.8) is 0 Å². The van der Waals surface area contributed by atoms with Crippen LogP contribution in [0.15, 0.2) is 48.5 Å². The van der Waals surface area contributed by atoms with Gasteiger partial charge in [-0.15, -0.1) is 0 Å². The minimum Gasteiger partial charge on any atom is -0.497 e. The molecule has 1 aliphatic heterocycles. The molecule has 0 unspecified atom stereocenters. The molecule has 5 nitrogen and oxygen atoms in total. The summed E-state index contributed by atoms with van der Waals surface area (Å²) in [5, 5.41) is 3.97. The van der Waals surface area contributed by atoms with Gasteiger partial charge in [0, 0.05) is 22.6 Å². The van der Waals surface area contributed by atoms with Crippen LogP contribution in [-0.4, -0.2) is 26.0 Å². The Morgan fingerprint density at radius 1 is 0.852 bits per heavy atom. The van der Waals surface area contributed by atoms with Crippen LogP contribution < -0.4 is 14.8 Å². The molecule has 0 aliphatic carbocycles. The lowest BCUT2D eigenvalue weighted by Crippen LogP contribution is -2.35. The van der Waals surface area contributed by atoms with Crippen molar-refractivity contribution in [1.82, 2.24) is 5.32 Å². The van der Waals surface area contributed by atoms with E-state index in [4.69, 9.17) is 9.47 Å². The molecule has 0 saturated heterocycles. The van der Waals surface area contributed by atoms with Gasteiger partial charge in [-0.1, -0.05) is 36.4 Å². The maximum Gasteiger partial charge on any atom is 0.259 e. The summed E-state index contributed by atoms with van der Waals surface area (Å²) < 4.78 is 10.6. The molecule has 0 saturated carbocycles. The van der Waals surface area contributed by atoms with Crippen molar-refractivity contribution >= 4 is 34.7 Å². The van der Waals surface area contributed by atoms with Gasteiger partial charge in [-0.3, -0.25) is 14.9 Å². The number of carbonyl (C=O) groups excluding carboxylic acids is 2. The van der Waals surface area contributed by atoms with E-state index in [-0.39, 0.29) is 11.8 Å². The molecule has 0 aromatic heterocycles. The van der Waals surface area contributed by atoms with Crippen molar-refractivity contribution in [3.05, 3.63) is 70.8 Å². The van der Waals surface area contributed by atoms with Crippen molar-refractivity contribution in [2.75, 3.05) is 14.2 Å². The molecule has 0 atom stereocenters. The van der Waals surface area contributed by atoms with E-state index in [9.17, 15) is 9.59 Å². The predicted octanol–water partition coefficient (Wildman–Crippen LogP) is 3.91. The highest BCUT2D eigenvalue weighted by atomic mass is 16.5. The summed E-state index contributed by atoms with van der Waals surface area (Å²) in [6.07, 6.45) is 3.73. The number of hydrogen-bond acceptors (Lipinski definition) is 4. The maximum atomic E-state index is 12.5. The standard InChI is InChI=1S/C22H17NO4/c1-26-16-11-10-13(18(12-16)27-2)6-7-15-9-8-14-4-3-5-17-19(14)20(15)22(25)23-21(17)24/h3-12H,1-2H3,(H,23,24,25)/b7-6+. The third-order valence-electron chi connectivity index (χ3n) is 4.66. The van der Waals surface area contributed by atoms with E-state index < -0.39 is 0 Å². The van der Waals surface area contributed by atoms with Crippen LogP contribution in [0.5, 0.6) is 11.5 Å². The SMILES string of the molecule is COc1ccc(/C=C/c2ccc3cccc4c3c2C(=O)NC4=O)c(OC)c1. The Morgan fingerprint density at radius 3 is 2.41 bits per heavy atom. The Hall–Kier alpha value is -3.60. The van der Waals surface area contributed by atoms with Crippen molar-refractivity contribution in [2.24, 2.45) is 0 Å². The molecule has 0 spiro atoms. The lowest BCUT2D eigenvalue weighted by atomic mass is 9.91. The second kappa shape index (κ2) is 6.61. The van der Waals surface area contributed by atoms with E-state index in [1.54, 1.807) is 26.4 Å². The summed E-state index contributed by atoms with van der Waals surface area (Å²) in [5.41, 5.74) is 2.61. The first-order valence-corrected chi connectivity index (χ1v) is 8.44. The molecule has 1 aliphatic rings. The Morgan fingerprint density at radius 2 is 1.63 bits per heavy atom.